The molecule has 0 aromatic heterocycles. The lowest BCUT2D eigenvalue weighted by atomic mass is 9.72. The Bertz CT molecular complexity index is 649. The summed E-state index contributed by atoms with van der Waals surface area (Å²) in [6, 6.07) is 4.77. The molecule has 1 aliphatic carbocycles. The molecule has 4 N–H and O–H groups in total. The van der Waals surface area contributed by atoms with Crippen molar-refractivity contribution >= 4 is 24.2 Å². The summed E-state index contributed by atoms with van der Waals surface area (Å²) in [5.74, 6) is -0.744. The average molecular weight is 370 g/mol. The normalized spacial score (nSPS) is 23.2. The highest BCUT2D eigenvalue weighted by Gasteiger charge is 2.54. The van der Waals surface area contributed by atoms with Crippen LogP contribution >= 0.6 is 12.4 Å². The molecule has 5 nitrogen and oxygen atoms in total. The molecule has 2 amide bonds. The van der Waals surface area contributed by atoms with Gasteiger partial charge in [0.05, 0.1) is 0 Å². The van der Waals surface area contributed by atoms with E-state index in [0.717, 1.165) is 25.7 Å². The second-order valence-corrected chi connectivity index (χ2v) is 6.77. The molecule has 3 rings (SSSR count). The molecule has 0 bridgehead atoms. The van der Waals surface area contributed by atoms with E-state index >= 15 is 0 Å². The number of rotatable bonds is 5. The van der Waals surface area contributed by atoms with Crippen LogP contribution in [-0.2, 0) is 22.7 Å². The Labute approximate surface area is 153 Å². The zero-order chi connectivity index (χ0) is 17.2. The zero-order valence-corrected chi connectivity index (χ0v) is 15.0. The van der Waals surface area contributed by atoms with Crippen LogP contribution in [0.15, 0.2) is 18.2 Å². The van der Waals surface area contributed by atoms with Gasteiger partial charge < -0.3 is 16.4 Å². The van der Waals surface area contributed by atoms with Crippen LogP contribution in [0.5, 0.6) is 0 Å². The second-order valence-electron chi connectivity index (χ2n) is 6.77. The standard InChI is InChI=1S/C18H24FN3O2.ClH/c19-15-9-12(10-20)5-6-13(15)11-22-17(24)18(7-8-21-16(18)23)14-3-1-2-4-14;/h5-6,9,14H,1-4,7-8,10-11,20H2,(H,21,23)(H,22,24);1H. The van der Waals surface area contributed by atoms with Gasteiger partial charge in [-0.05, 0) is 36.8 Å². The summed E-state index contributed by atoms with van der Waals surface area (Å²) in [5.41, 5.74) is 5.63. The van der Waals surface area contributed by atoms with Gasteiger partial charge in [-0.2, -0.15) is 0 Å². The van der Waals surface area contributed by atoms with Gasteiger partial charge in [-0.1, -0.05) is 25.0 Å². The molecule has 0 radical (unpaired) electrons. The number of hydrogen-bond donors (Lipinski definition) is 3. The average Bonchev–Trinajstić information content (AvgIpc) is 3.23. The van der Waals surface area contributed by atoms with Crippen LogP contribution in [0.4, 0.5) is 4.39 Å². The number of carbonyl (C=O) groups is 2. The van der Waals surface area contributed by atoms with Gasteiger partial charge in [0.1, 0.15) is 11.2 Å². The minimum absolute atomic E-state index is 0. The van der Waals surface area contributed by atoms with Crippen LogP contribution in [0.25, 0.3) is 0 Å². The maximum absolute atomic E-state index is 14.1. The third kappa shape index (κ3) is 3.65. The lowest BCUT2D eigenvalue weighted by Crippen LogP contribution is -2.50. The number of hydrogen-bond acceptors (Lipinski definition) is 3. The Kier molecular flexibility index (Phi) is 6.41. The Morgan fingerprint density at radius 3 is 2.64 bits per heavy atom. The summed E-state index contributed by atoms with van der Waals surface area (Å²) in [6.45, 7) is 0.883. The fourth-order valence-electron chi connectivity index (χ4n) is 4.05. The van der Waals surface area contributed by atoms with Crippen LogP contribution in [0.3, 0.4) is 0 Å². The predicted molar refractivity (Wildman–Crippen MR) is 95.4 cm³/mol. The third-order valence-electron chi connectivity index (χ3n) is 5.46. The molecule has 1 aromatic rings. The Hall–Kier alpha value is -1.66. The molecule has 1 saturated carbocycles. The molecule has 2 fully saturated rings. The van der Waals surface area contributed by atoms with Crippen molar-refractivity contribution in [1.82, 2.24) is 10.6 Å². The molecule has 1 heterocycles. The number of amides is 2. The van der Waals surface area contributed by atoms with Gasteiger partial charge in [0.2, 0.25) is 11.8 Å². The van der Waals surface area contributed by atoms with Gasteiger partial charge in [0.15, 0.2) is 0 Å². The fourth-order valence-corrected chi connectivity index (χ4v) is 4.05. The molecule has 1 saturated heterocycles. The number of halogens is 2. The Balaban J connectivity index is 0.00000225. The second kappa shape index (κ2) is 8.15. The number of nitrogens with one attached hydrogen (secondary N) is 2. The van der Waals surface area contributed by atoms with Crippen molar-refractivity contribution in [3.8, 4) is 0 Å². The molecular weight excluding hydrogens is 345 g/mol. The predicted octanol–water partition coefficient (Wildman–Crippen LogP) is 2.02. The van der Waals surface area contributed by atoms with Gasteiger partial charge in [0.25, 0.3) is 0 Å². The molecule has 7 heteroatoms. The molecular formula is C18H25ClFN3O2. The first-order valence-electron chi connectivity index (χ1n) is 8.62. The molecule has 1 aliphatic heterocycles. The number of carbonyl (C=O) groups excluding carboxylic acids is 2. The smallest absolute Gasteiger partial charge is 0.236 e. The summed E-state index contributed by atoms with van der Waals surface area (Å²) < 4.78 is 14.1. The van der Waals surface area contributed by atoms with Gasteiger partial charge in [0, 0.05) is 25.2 Å². The Morgan fingerprint density at radius 1 is 1.36 bits per heavy atom. The molecule has 1 aromatic carbocycles. The molecule has 25 heavy (non-hydrogen) atoms. The van der Waals surface area contributed by atoms with Gasteiger partial charge in [-0.25, -0.2) is 4.39 Å². The lowest BCUT2D eigenvalue weighted by molar-refractivity contribution is -0.144. The number of nitrogens with two attached hydrogens (primary N) is 1. The minimum Gasteiger partial charge on any atom is -0.355 e. The third-order valence-corrected chi connectivity index (χ3v) is 5.46. The topological polar surface area (TPSA) is 84.2 Å². The van der Waals surface area contributed by atoms with Crippen molar-refractivity contribution in [2.75, 3.05) is 6.54 Å². The van der Waals surface area contributed by atoms with Crippen LogP contribution < -0.4 is 16.4 Å². The van der Waals surface area contributed by atoms with E-state index in [1.165, 1.54) is 6.07 Å². The first-order valence-corrected chi connectivity index (χ1v) is 8.62. The highest BCUT2D eigenvalue weighted by molar-refractivity contribution is 6.06. The van der Waals surface area contributed by atoms with Crippen LogP contribution in [0, 0.1) is 17.2 Å². The first kappa shape index (κ1) is 19.7. The van der Waals surface area contributed by atoms with Crippen molar-refractivity contribution in [3.63, 3.8) is 0 Å². The lowest BCUT2D eigenvalue weighted by Gasteiger charge is -2.31. The van der Waals surface area contributed by atoms with Crippen molar-refractivity contribution in [2.45, 2.75) is 45.2 Å². The van der Waals surface area contributed by atoms with E-state index < -0.39 is 5.41 Å². The zero-order valence-electron chi connectivity index (χ0n) is 14.1. The summed E-state index contributed by atoms with van der Waals surface area (Å²) in [5, 5.41) is 5.60. The summed E-state index contributed by atoms with van der Waals surface area (Å²) in [7, 11) is 0. The van der Waals surface area contributed by atoms with E-state index in [0.29, 0.717) is 24.1 Å². The quantitative estimate of drug-likeness (QED) is 0.694. The van der Waals surface area contributed by atoms with E-state index in [1.807, 2.05) is 0 Å². The summed E-state index contributed by atoms with van der Waals surface area (Å²) >= 11 is 0. The maximum Gasteiger partial charge on any atom is 0.236 e. The van der Waals surface area contributed by atoms with Crippen molar-refractivity contribution in [2.24, 2.45) is 17.1 Å². The van der Waals surface area contributed by atoms with E-state index in [9.17, 15) is 14.0 Å². The molecule has 1 atom stereocenters. The number of benzene rings is 1. The molecule has 138 valence electrons. The largest absolute Gasteiger partial charge is 0.355 e. The summed E-state index contributed by atoms with van der Waals surface area (Å²) in [6.07, 6.45) is 4.45. The highest BCUT2D eigenvalue weighted by Crippen LogP contribution is 2.44. The van der Waals surface area contributed by atoms with Crippen LogP contribution in [0.1, 0.15) is 43.2 Å². The van der Waals surface area contributed by atoms with Gasteiger partial charge >= 0.3 is 0 Å². The fraction of sp³-hybridized carbons (Fsp3) is 0.556. The van der Waals surface area contributed by atoms with E-state index in [1.54, 1.807) is 12.1 Å². The van der Waals surface area contributed by atoms with Crippen LogP contribution in [-0.4, -0.2) is 18.4 Å². The minimum atomic E-state index is -0.982. The maximum atomic E-state index is 14.1. The van der Waals surface area contributed by atoms with Crippen molar-refractivity contribution < 1.29 is 14.0 Å². The van der Waals surface area contributed by atoms with Gasteiger partial charge in [-0.15, -0.1) is 12.4 Å². The first-order chi connectivity index (χ1) is 11.6. The van der Waals surface area contributed by atoms with Crippen molar-refractivity contribution in [3.05, 3.63) is 35.1 Å². The summed E-state index contributed by atoms with van der Waals surface area (Å²) in [4.78, 5) is 25.3. The van der Waals surface area contributed by atoms with E-state index in [4.69, 9.17) is 5.73 Å². The van der Waals surface area contributed by atoms with Crippen molar-refractivity contribution in [1.29, 1.82) is 0 Å². The SMILES string of the molecule is Cl.NCc1ccc(CNC(=O)C2(C3CCCC3)CCNC2=O)c(F)c1. The van der Waals surface area contributed by atoms with Gasteiger partial charge in [-0.3, -0.25) is 9.59 Å². The monoisotopic (exact) mass is 369 g/mol. The van der Waals surface area contributed by atoms with Crippen LogP contribution in [0.2, 0.25) is 0 Å². The molecule has 0 spiro atoms. The van der Waals surface area contributed by atoms with E-state index in [-0.39, 0.29) is 49.0 Å². The van der Waals surface area contributed by atoms with E-state index in [2.05, 4.69) is 10.6 Å². The molecule has 1 unspecified atom stereocenters. The molecule has 2 aliphatic rings. The highest BCUT2D eigenvalue weighted by atomic mass is 35.5. The Morgan fingerprint density at radius 2 is 2.08 bits per heavy atom.